The number of imidazole rings is 1. The SMILES string of the molecule is Cn1c(=O)n(C/C(F)=C/CN)c2ncnc(-c3cccc(S(=O)(=O)NC4CC4)c3)c21. The van der Waals surface area contributed by atoms with Gasteiger partial charge in [0.2, 0.25) is 10.0 Å². The van der Waals surface area contributed by atoms with E-state index in [1.54, 1.807) is 12.1 Å². The average molecular weight is 432 g/mol. The molecule has 9 nitrogen and oxygen atoms in total. The molecule has 0 unspecified atom stereocenters. The topological polar surface area (TPSA) is 125 Å². The van der Waals surface area contributed by atoms with E-state index < -0.39 is 21.5 Å². The lowest BCUT2D eigenvalue weighted by Gasteiger charge is -2.08. The number of rotatable bonds is 7. The highest BCUT2D eigenvalue weighted by Crippen LogP contribution is 2.28. The molecule has 1 aliphatic rings. The summed E-state index contributed by atoms with van der Waals surface area (Å²) in [6, 6.07) is 6.31. The van der Waals surface area contributed by atoms with Gasteiger partial charge in [-0.1, -0.05) is 12.1 Å². The number of aromatic nitrogens is 4. The summed E-state index contributed by atoms with van der Waals surface area (Å²) in [7, 11) is -2.12. The molecule has 3 N–H and O–H groups in total. The molecule has 0 amide bonds. The van der Waals surface area contributed by atoms with E-state index in [4.69, 9.17) is 5.73 Å². The van der Waals surface area contributed by atoms with Gasteiger partial charge in [-0.3, -0.25) is 9.13 Å². The van der Waals surface area contributed by atoms with E-state index in [0.717, 1.165) is 12.8 Å². The molecule has 3 aromatic rings. The maximum absolute atomic E-state index is 14.0. The highest BCUT2D eigenvalue weighted by molar-refractivity contribution is 7.89. The Morgan fingerprint density at radius 3 is 2.83 bits per heavy atom. The monoisotopic (exact) mass is 432 g/mol. The molecule has 0 aliphatic heterocycles. The van der Waals surface area contributed by atoms with Crippen molar-refractivity contribution in [1.82, 2.24) is 23.8 Å². The Morgan fingerprint density at radius 1 is 1.37 bits per heavy atom. The van der Waals surface area contributed by atoms with Crippen molar-refractivity contribution in [3.63, 3.8) is 0 Å². The van der Waals surface area contributed by atoms with Crippen LogP contribution in [0.5, 0.6) is 0 Å². The van der Waals surface area contributed by atoms with Gasteiger partial charge in [-0.15, -0.1) is 0 Å². The van der Waals surface area contributed by atoms with Crippen LogP contribution in [0.4, 0.5) is 4.39 Å². The maximum Gasteiger partial charge on any atom is 0.330 e. The summed E-state index contributed by atoms with van der Waals surface area (Å²) in [4.78, 5) is 21.2. The number of sulfonamides is 1. The molecule has 0 atom stereocenters. The van der Waals surface area contributed by atoms with Crippen LogP contribution in [0.1, 0.15) is 12.8 Å². The first-order valence-corrected chi connectivity index (χ1v) is 10.9. The first-order chi connectivity index (χ1) is 14.3. The van der Waals surface area contributed by atoms with Crippen LogP contribution in [0.15, 0.2) is 52.2 Å². The van der Waals surface area contributed by atoms with Crippen LogP contribution < -0.4 is 16.1 Å². The molecule has 1 fully saturated rings. The second-order valence-corrected chi connectivity index (χ2v) is 8.85. The maximum atomic E-state index is 14.0. The lowest BCUT2D eigenvalue weighted by molar-refractivity contribution is 0.546. The number of halogens is 1. The van der Waals surface area contributed by atoms with Gasteiger partial charge in [0.05, 0.1) is 17.1 Å². The predicted octanol–water partition coefficient (Wildman–Crippen LogP) is 1.05. The lowest BCUT2D eigenvalue weighted by atomic mass is 10.1. The second kappa shape index (κ2) is 7.74. The van der Waals surface area contributed by atoms with Crippen molar-refractivity contribution in [2.45, 2.75) is 30.3 Å². The van der Waals surface area contributed by atoms with Crippen molar-refractivity contribution in [3.05, 3.63) is 53.0 Å². The van der Waals surface area contributed by atoms with Gasteiger partial charge in [0.1, 0.15) is 17.7 Å². The molecule has 0 bridgehead atoms. The fraction of sp³-hybridized carbons (Fsp3) is 0.316. The van der Waals surface area contributed by atoms with E-state index in [9.17, 15) is 17.6 Å². The van der Waals surface area contributed by atoms with Gasteiger partial charge in [0, 0.05) is 25.2 Å². The number of aryl methyl sites for hydroxylation is 1. The van der Waals surface area contributed by atoms with Crippen molar-refractivity contribution in [2.24, 2.45) is 12.8 Å². The van der Waals surface area contributed by atoms with Crippen LogP contribution in [-0.4, -0.2) is 40.1 Å². The van der Waals surface area contributed by atoms with Crippen LogP contribution in [0.2, 0.25) is 0 Å². The summed E-state index contributed by atoms with van der Waals surface area (Å²) >= 11 is 0. The van der Waals surface area contributed by atoms with Crippen molar-refractivity contribution < 1.29 is 12.8 Å². The summed E-state index contributed by atoms with van der Waals surface area (Å²) < 4.78 is 44.3. The van der Waals surface area contributed by atoms with Gasteiger partial charge in [-0.2, -0.15) is 0 Å². The van der Waals surface area contributed by atoms with Gasteiger partial charge in [-0.25, -0.2) is 32.3 Å². The molecule has 2 aromatic heterocycles. The highest BCUT2D eigenvalue weighted by Gasteiger charge is 2.28. The predicted molar refractivity (Wildman–Crippen MR) is 110 cm³/mol. The summed E-state index contributed by atoms with van der Waals surface area (Å²) in [5.41, 5.74) is 6.38. The first-order valence-electron chi connectivity index (χ1n) is 9.39. The largest absolute Gasteiger partial charge is 0.330 e. The number of nitrogens with one attached hydrogen (secondary N) is 1. The van der Waals surface area contributed by atoms with E-state index in [2.05, 4.69) is 14.7 Å². The van der Waals surface area contributed by atoms with Crippen LogP contribution in [0, 0.1) is 0 Å². The van der Waals surface area contributed by atoms with E-state index in [1.165, 1.54) is 40.7 Å². The van der Waals surface area contributed by atoms with Crippen molar-refractivity contribution >= 4 is 21.2 Å². The number of hydrogen-bond donors (Lipinski definition) is 2. The summed E-state index contributed by atoms with van der Waals surface area (Å²) in [6.45, 7) is -0.286. The minimum atomic E-state index is -3.65. The third-order valence-electron chi connectivity index (χ3n) is 4.88. The van der Waals surface area contributed by atoms with Gasteiger partial charge in [0.15, 0.2) is 5.65 Å². The Kier molecular flexibility index (Phi) is 5.26. The molecule has 1 aromatic carbocycles. The molecule has 0 radical (unpaired) electrons. The molecule has 11 heteroatoms. The second-order valence-electron chi connectivity index (χ2n) is 7.13. The minimum Gasteiger partial charge on any atom is -0.327 e. The minimum absolute atomic E-state index is 0.0156. The zero-order valence-electron chi connectivity index (χ0n) is 16.2. The van der Waals surface area contributed by atoms with Gasteiger partial charge < -0.3 is 5.73 Å². The molecule has 4 rings (SSSR count). The summed E-state index contributed by atoms with van der Waals surface area (Å²) in [5, 5.41) is 0. The zero-order chi connectivity index (χ0) is 21.5. The first kappa shape index (κ1) is 20.4. The summed E-state index contributed by atoms with van der Waals surface area (Å²) in [5.74, 6) is -0.550. The standard InChI is InChI=1S/C19H21FN6O3S/c1-25-17-16(12-3-2-4-15(9-12)30(28,29)24-14-5-6-14)22-11-23-18(17)26(19(25)27)10-13(20)7-8-21/h2-4,7,9,11,14,24H,5-6,8,10,21H2,1H3/b13-7-. The zero-order valence-corrected chi connectivity index (χ0v) is 17.1. The smallest absolute Gasteiger partial charge is 0.327 e. The third kappa shape index (κ3) is 3.78. The number of benzene rings is 1. The van der Waals surface area contributed by atoms with Crippen LogP contribution >= 0.6 is 0 Å². The number of fused-ring (bicyclic) bond motifs is 1. The Balaban J connectivity index is 1.84. The fourth-order valence-electron chi connectivity index (χ4n) is 3.24. The third-order valence-corrected chi connectivity index (χ3v) is 6.40. The van der Waals surface area contributed by atoms with Crippen molar-refractivity contribution in [3.8, 4) is 11.3 Å². The molecule has 0 spiro atoms. The summed E-state index contributed by atoms with van der Waals surface area (Å²) in [6.07, 6.45) is 4.11. The molecule has 1 saturated carbocycles. The van der Waals surface area contributed by atoms with Gasteiger partial charge >= 0.3 is 5.69 Å². The average Bonchev–Trinajstić information content (AvgIpc) is 3.50. The molecule has 158 valence electrons. The molecule has 2 heterocycles. The Bertz CT molecular complexity index is 1310. The molecular weight excluding hydrogens is 411 g/mol. The number of allylic oxidation sites excluding steroid dienone is 1. The Morgan fingerprint density at radius 2 is 2.13 bits per heavy atom. The molecular formula is C19H21FN6O3S. The van der Waals surface area contributed by atoms with E-state index in [1.807, 2.05) is 0 Å². The lowest BCUT2D eigenvalue weighted by Crippen LogP contribution is -2.25. The van der Waals surface area contributed by atoms with Gasteiger partial charge in [-0.05, 0) is 31.1 Å². The Hall–Kier alpha value is -2.89. The quantitative estimate of drug-likeness (QED) is 0.575. The van der Waals surface area contributed by atoms with Crippen molar-refractivity contribution in [2.75, 3.05) is 6.54 Å². The molecule has 30 heavy (non-hydrogen) atoms. The normalized spacial score (nSPS) is 15.1. The van der Waals surface area contributed by atoms with E-state index >= 15 is 0 Å². The highest BCUT2D eigenvalue weighted by atomic mass is 32.2. The van der Waals surface area contributed by atoms with E-state index in [0.29, 0.717) is 16.8 Å². The van der Waals surface area contributed by atoms with Gasteiger partial charge in [0.25, 0.3) is 0 Å². The molecule has 0 saturated heterocycles. The van der Waals surface area contributed by atoms with Crippen molar-refractivity contribution in [1.29, 1.82) is 0 Å². The van der Waals surface area contributed by atoms with E-state index in [-0.39, 0.29) is 29.7 Å². The number of hydrogen-bond acceptors (Lipinski definition) is 6. The van der Waals surface area contributed by atoms with Crippen LogP contribution in [0.3, 0.4) is 0 Å². The van der Waals surface area contributed by atoms with Crippen LogP contribution in [-0.2, 0) is 23.6 Å². The number of nitrogens with two attached hydrogens (primary N) is 1. The van der Waals surface area contributed by atoms with Crippen LogP contribution in [0.25, 0.3) is 22.4 Å². The fourth-order valence-corrected chi connectivity index (χ4v) is 4.59. The number of nitrogens with zero attached hydrogens (tertiary/aromatic N) is 4. The molecule has 1 aliphatic carbocycles. The Labute approximate surface area is 172 Å².